The van der Waals surface area contributed by atoms with Gasteiger partial charge in [0.25, 0.3) is 0 Å². The molecule has 2 bridgehead atoms. The van der Waals surface area contributed by atoms with Crippen LogP contribution in [-0.2, 0) is 6.54 Å². The minimum Gasteiger partial charge on any atom is -0.323 e. The molecule has 1 unspecified atom stereocenters. The fraction of sp³-hybridized carbons (Fsp3) is 0.333. The highest BCUT2D eigenvalue weighted by molar-refractivity contribution is 5.67. The highest BCUT2D eigenvalue weighted by Crippen LogP contribution is 2.29. The third-order valence-corrected chi connectivity index (χ3v) is 5.37. The number of hydrogen-bond donors (Lipinski definition) is 1. The number of hydrogen-bond acceptors (Lipinski definition) is 0. The molecule has 0 amide bonds. The molecule has 0 aliphatic carbocycles. The van der Waals surface area contributed by atoms with Gasteiger partial charge in [0.15, 0.2) is 0 Å². The highest BCUT2D eigenvalue weighted by Gasteiger charge is 2.40. The van der Waals surface area contributed by atoms with Crippen LogP contribution in [0, 0.1) is 6.92 Å². The molecule has 1 heteroatoms. The van der Waals surface area contributed by atoms with Crippen molar-refractivity contribution in [1.82, 2.24) is 0 Å². The number of fused-ring (bicyclic) bond motifs is 2. The van der Waals surface area contributed by atoms with E-state index in [9.17, 15) is 0 Å². The third kappa shape index (κ3) is 2.62. The summed E-state index contributed by atoms with van der Waals surface area (Å²) in [7, 11) is 0. The van der Waals surface area contributed by atoms with Crippen molar-refractivity contribution in [3.63, 3.8) is 0 Å². The third-order valence-electron chi connectivity index (χ3n) is 5.37. The van der Waals surface area contributed by atoms with Crippen LogP contribution in [-0.4, -0.2) is 12.1 Å². The van der Waals surface area contributed by atoms with Gasteiger partial charge in [0.2, 0.25) is 0 Å². The molecule has 0 saturated carbocycles. The Bertz CT molecular complexity index is 669. The summed E-state index contributed by atoms with van der Waals surface area (Å²) in [6.45, 7) is 3.34. The van der Waals surface area contributed by atoms with Crippen molar-refractivity contribution in [3.05, 3.63) is 77.4 Å². The first-order valence-corrected chi connectivity index (χ1v) is 8.47. The maximum absolute atomic E-state index is 2.56. The number of benzene rings is 2. The van der Waals surface area contributed by atoms with Crippen molar-refractivity contribution < 1.29 is 4.90 Å². The van der Waals surface area contributed by atoms with E-state index >= 15 is 0 Å². The van der Waals surface area contributed by atoms with Gasteiger partial charge in [0, 0.05) is 24.8 Å². The first-order chi connectivity index (χ1) is 10.8. The van der Waals surface area contributed by atoms with E-state index < -0.39 is 0 Å². The molecule has 2 heterocycles. The molecule has 1 saturated heterocycles. The van der Waals surface area contributed by atoms with E-state index in [0.717, 1.165) is 6.04 Å². The Morgan fingerprint density at radius 2 is 1.73 bits per heavy atom. The molecule has 112 valence electrons. The van der Waals surface area contributed by atoms with Gasteiger partial charge >= 0.3 is 0 Å². The number of aryl methyl sites for hydroxylation is 1. The molecule has 1 fully saturated rings. The highest BCUT2D eigenvalue weighted by atomic mass is 15.2. The zero-order chi connectivity index (χ0) is 14.9. The summed E-state index contributed by atoms with van der Waals surface area (Å²) < 4.78 is 0. The van der Waals surface area contributed by atoms with Crippen LogP contribution in [0.15, 0.2) is 60.7 Å². The Kier molecular flexibility index (Phi) is 3.59. The van der Waals surface area contributed by atoms with Crippen LogP contribution in [0.4, 0.5) is 0 Å². The maximum Gasteiger partial charge on any atom is 0.107 e. The van der Waals surface area contributed by atoms with Crippen molar-refractivity contribution >= 4 is 5.57 Å². The largest absolute Gasteiger partial charge is 0.323 e. The Balaban J connectivity index is 1.56. The zero-order valence-electron chi connectivity index (χ0n) is 13.3. The maximum atomic E-state index is 2.56. The summed E-state index contributed by atoms with van der Waals surface area (Å²) in [5.41, 5.74) is 5.83. The fourth-order valence-corrected chi connectivity index (χ4v) is 4.14. The molecule has 1 N–H and O–H groups in total. The molecule has 4 rings (SSSR count). The van der Waals surface area contributed by atoms with Crippen LogP contribution in [0.3, 0.4) is 0 Å². The lowest BCUT2D eigenvalue weighted by molar-refractivity contribution is -0.944. The molecule has 0 aromatic heterocycles. The summed E-state index contributed by atoms with van der Waals surface area (Å²) in [6.07, 6.45) is 6.52. The summed E-state index contributed by atoms with van der Waals surface area (Å²) in [5, 5.41) is 0. The van der Waals surface area contributed by atoms with Crippen molar-refractivity contribution in [1.29, 1.82) is 0 Å². The average molecular weight is 290 g/mol. The number of nitrogens with one attached hydrogen (secondary N) is 1. The minimum atomic E-state index is 0.704. The molecule has 1 nitrogen and oxygen atoms in total. The minimum absolute atomic E-state index is 0.704. The number of rotatable bonds is 3. The second kappa shape index (κ2) is 5.73. The monoisotopic (exact) mass is 290 g/mol. The molecule has 22 heavy (non-hydrogen) atoms. The number of quaternary nitrogens is 1. The SMILES string of the molecule is Cc1ccc(C2=C[C@H]3CC[C@H](C2)[NH+]3Cc2ccccc2)cc1. The van der Waals surface area contributed by atoms with Gasteiger partial charge in [-0.1, -0.05) is 60.2 Å². The molecule has 3 atom stereocenters. The van der Waals surface area contributed by atoms with Gasteiger partial charge in [0.1, 0.15) is 12.6 Å². The van der Waals surface area contributed by atoms with Crippen molar-refractivity contribution in [3.8, 4) is 0 Å². The van der Waals surface area contributed by atoms with Crippen LogP contribution < -0.4 is 4.90 Å². The normalized spacial score (nSPS) is 26.8. The van der Waals surface area contributed by atoms with E-state index in [4.69, 9.17) is 0 Å². The molecule has 2 aliphatic heterocycles. The fourth-order valence-electron chi connectivity index (χ4n) is 4.14. The Morgan fingerprint density at radius 3 is 2.45 bits per heavy atom. The van der Waals surface area contributed by atoms with Crippen LogP contribution in [0.5, 0.6) is 0 Å². The Labute approximate surface area is 133 Å². The average Bonchev–Trinajstić information content (AvgIpc) is 2.79. The van der Waals surface area contributed by atoms with E-state index in [0.29, 0.717) is 6.04 Å². The van der Waals surface area contributed by atoms with Crippen molar-refractivity contribution in [2.24, 2.45) is 0 Å². The lowest BCUT2D eigenvalue weighted by atomic mass is 9.94. The van der Waals surface area contributed by atoms with Gasteiger partial charge < -0.3 is 4.90 Å². The molecular weight excluding hydrogens is 266 g/mol. The lowest BCUT2D eigenvalue weighted by Gasteiger charge is -2.31. The second-order valence-electron chi connectivity index (χ2n) is 6.88. The van der Waals surface area contributed by atoms with E-state index in [1.807, 2.05) is 0 Å². The summed E-state index contributed by atoms with van der Waals surface area (Å²) >= 11 is 0. The van der Waals surface area contributed by atoms with Gasteiger partial charge in [-0.2, -0.15) is 0 Å². The van der Waals surface area contributed by atoms with E-state index in [-0.39, 0.29) is 0 Å². The summed E-state index contributed by atoms with van der Waals surface area (Å²) in [6, 6.07) is 21.5. The molecule has 0 radical (unpaired) electrons. The Hall–Kier alpha value is -1.86. The molecule has 2 aliphatic rings. The van der Waals surface area contributed by atoms with Gasteiger partial charge in [-0.3, -0.25) is 0 Å². The topological polar surface area (TPSA) is 4.44 Å². The van der Waals surface area contributed by atoms with E-state index in [1.54, 1.807) is 10.5 Å². The zero-order valence-corrected chi connectivity index (χ0v) is 13.3. The second-order valence-corrected chi connectivity index (χ2v) is 6.88. The molecule has 2 aromatic rings. The van der Waals surface area contributed by atoms with Gasteiger partial charge in [-0.15, -0.1) is 0 Å². The van der Waals surface area contributed by atoms with Crippen LogP contribution in [0.25, 0.3) is 5.57 Å². The van der Waals surface area contributed by atoms with E-state index in [2.05, 4.69) is 67.6 Å². The molecular formula is C21H24N+. The van der Waals surface area contributed by atoms with Gasteiger partial charge in [-0.05, 0) is 24.1 Å². The van der Waals surface area contributed by atoms with Crippen molar-refractivity contribution in [2.75, 3.05) is 0 Å². The summed E-state index contributed by atoms with van der Waals surface area (Å²) in [5.74, 6) is 0. The van der Waals surface area contributed by atoms with Gasteiger partial charge in [0.05, 0.1) is 6.04 Å². The summed E-state index contributed by atoms with van der Waals surface area (Å²) in [4.78, 5) is 1.78. The predicted molar refractivity (Wildman–Crippen MR) is 91.7 cm³/mol. The van der Waals surface area contributed by atoms with E-state index in [1.165, 1.54) is 42.5 Å². The smallest absolute Gasteiger partial charge is 0.107 e. The van der Waals surface area contributed by atoms with Gasteiger partial charge in [-0.25, -0.2) is 0 Å². The van der Waals surface area contributed by atoms with Crippen LogP contribution >= 0.6 is 0 Å². The lowest BCUT2D eigenvalue weighted by Crippen LogP contribution is -3.16. The first-order valence-electron chi connectivity index (χ1n) is 8.47. The predicted octanol–water partition coefficient (Wildman–Crippen LogP) is 3.40. The Morgan fingerprint density at radius 1 is 0.955 bits per heavy atom. The standard InChI is InChI=1S/C21H23N/c1-16-7-9-18(10-8-16)19-13-20-11-12-21(14-19)22(20)15-17-5-3-2-4-6-17/h2-10,13,20-21H,11-12,14-15H2,1H3/p+1/t20-,21-/m1/s1. The van der Waals surface area contributed by atoms with Crippen molar-refractivity contribution in [2.45, 2.75) is 44.8 Å². The van der Waals surface area contributed by atoms with Crippen LogP contribution in [0.2, 0.25) is 0 Å². The quantitative estimate of drug-likeness (QED) is 0.884. The van der Waals surface area contributed by atoms with Crippen LogP contribution in [0.1, 0.15) is 36.0 Å². The molecule has 2 aromatic carbocycles. The molecule has 0 spiro atoms. The first kappa shape index (κ1) is 13.8.